The number of hydrogen-bond acceptors (Lipinski definition) is 3. The summed E-state index contributed by atoms with van der Waals surface area (Å²) in [6.07, 6.45) is 12.0. The van der Waals surface area contributed by atoms with Crippen LogP contribution in [0, 0.1) is 5.92 Å². The molecule has 0 heterocycles. The molecule has 1 aromatic rings. The van der Waals surface area contributed by atoms with Crippen molar-refractivity contribution in [3.63, 3.8) is 0 Å². The summed E-state index contributed by atoms with van der Waals surface area (Å²) in [6, 6.07) is 6.81. The van der Waals surface area contributed by atoms with Crippen LogP contribution in [0.1, 0.15) is 74.2 Å². The van der Waals surface area contributed by atoms with Crippen LogP contribution in [0.3, 0.4) is 0 Å². The van der Waals surface area contributed by atoms with Gasteiger partial charge in [-0.2, -0.15) is 0 Å². The van der Waals surface area contributed by atoms with Crippen molar-refractivity contribution >= 4 is 18.0 Å². The lowest BCUT2D eigenvalue weighted by atomic mass is 9.84. The van der Waals surface area contributed by atoms with Crippen molar-refractivity contribution in [3.05, 3.63) is 41.5 Å². The molecule has 1 N–H and O–H groups in total. The molecule has 4 nitrogen and oxygen atoms in total. The van der Waals surface area contributed by atoms with E-state index in [9.17, 15) is 9.59 Å². The quantitative estimate of drug-likeness (QED) is 0.406. The fourth-order valence-corrected chi connectivity index (χ4v) is 3.34. The summed E-state index contributed by atoms with van der Waals surface area (Å²) in [4.78, 5) is 22.8. The molecule has 25 heavy (non-hydrogen) atoms. The summed E-state index contributed by atoms with van der Waals surface area (Å²) < 4.78 is 5.64. The second-order valence-electron chi connectivity index (χ2n) is 6.84. The van der Waals surface area contributed by atoms with Gasteiger partial charge in [0.05, 0.1) is 5.56 Å². The van der Waals surface area contributed by atoms with Gasteiger partial charge in [0.15, 0.2) is 0 Å². The third-order valence-electron chi connectivity index (χ3n) is 4.85. The third-order valence-corrected chi connectivity index (χ3v) is 4.85. The first-order chi connectivity index (χ1) is 12.1. The van der Waals surface area contributed by atoms with Gasteiger partial charge in [-0.15, -0.1) is 0 Å². The zero-order valence-electron chi connectivity index (χ0n) is 14.9. The lowest BCUT2D eigenvalue weighted by molar-refractivity contribution is -0.131. The Bertz CT molecular complexity index is 580. The van der Waals surface area contributed by atoms with Crippen LogP contribution in [0.25, 0.3) is 6.08 Å². The van der Waals surface area contributed by atoms with Crippen molar-refractivity contribution in [1.29, 1.82) is 0 Å². The molecule has 0 radical (unpaired) electrons. The topological polar surface area (TPSA) is 63.6 Å². The number of benzene rings is 1. The number of carbonyl (C=O) groups excluding carboxylic acids is 1. The Morgan fingerprint density at radius 1 is 1.12 bits per heavy atom. The van der Waals surface area contributed by atoms with E-state index >= 15 is 0 Å². The predicted molar refractivity (Wildman–Crippen MR) is 98.4 cm³/mol. The maximum Gasteiger partial charge on any atom is 0.338 e. The minimum absolute atomic E-state index is 0.0292. The summed E-state index contributed by atoms with van der Waals surface area (Å²) in [7, 11) is 0. The average molecular weight is 344 g/mol. The number of hydrogen-bond donors (Lipinski definition) is 1. The number of carboxylic acid groups (broad SMARTS) is 1. The van der Waals surface area contributed by atoms with Crippen molar-refractivity contribution in [2.75, 3.05) is 0 Å². The predicted octanol–water partition coefficient (Wildman–Crippen LogP) is 5.08. The number of esters is 1. The van der Waals surface area contributed by atoms with Crippen LogP contribution in [-0.4, -0.2) is 23.1 Å². The fraction of sp³-hybridized carbons (Fsp3) is 0.524. The molecular weight excluding hydrogens is 316 g/mol. The molecule has 4 heteroatoms. The average Bonchev–Trinajstić information content (AvgIpc) is 2.62. The molecule has 1 saturated carbocycles. The van der Waals surface area contributed by atoms with Gasteiger partial charge in [0.2, 0.25) is 0 Å². The second-order valence-corrected chi connectivity index (χ2v) is 6.84. The summed E-state index contributed by atoms with van der Waals surface area (Å²) in [5, 5.41) is 8.62. The zero-order valence-corrected chi connectivity index (χ0v) is 14.9. The summed E-state index contributed by atoms with van der Waals surface area (Å²) >= 11 is 0. The minimum Gasteiger partial charge on any atom is -0.478 e. The maximum absolute atomic E-state index is 12.2. The Morgan fingerprint density at radius 3 is 2.40 bits per heavy atom. The van der Waals surface area contributed by atoms with E-state index in [0.29, 0.717) is 5.56 Å². The van der Waals surface area contributed by atoms with Crippen LogP contribution in [0.2, 0.25) is 0 Å². The van der Waals surface area contributed by atoms with E-state index in [0.717, 1.165) is 43.2 Å². The minimum atomic E-state index is -0.992. The highest BCUT2D eigenvalue weighted by Gasteiger charge is 2.24. The van der Waals surface area contributed by atoms with E-state index in [4.69, 9.17) is 9.84 Å². The first-order valence-corrected chi connectivity index (χ1v) is 9.30. The smallest absolute Gasteiger partial charge is 0.338 e. The van der Waals surface area contributed by atoms with Crippen molar-refractivity contribution in [2.24, 2.45) is 5.92 Å². The molecule has 1 aliphatic rings. The van der Waals surface area contributed by atoms with Gasteiger partial charge in [-0.3, -0.25) is 0 Å². The highest BCUT2D eigenvalue weighted by atomic mass is 16.5. The molecule has 1 fully saturated rings. The molecule has 136 valence electrons. The zero-order chi connectivity index (χ0) is 18.1. The van der Waals surface area contributed by atoms with E-state index in [2.05, 4.69) is 6.92 Å². The lowest BCUT2D eigenvalue weighted by Gasteiger charge is -2.28. The molecule has 0 aromatic heterocycles. The fourth-order valence-electron chi connectivity index (χ4n) is 3.34. The van der Waals surface area contributed by atoms with Crippen LogP contribution in [0.5, 0.6) is 0 Å². The van der Waals surface area contributed by atoms with Gasteiger partial charge in [0.1, 0.15) is 6.10 Å². The second kappa shape index (κ2) is 10.0. The summed E-state index contributed by atoms with van der Waals surface area (Å²) in [5.74, 6) is -0.487. The van der Waals surface area contributed by atoms with Crippen LogP contribution >= 0.6 is 0 Å². The molecule has 0 amide bonds. The molecule has 1 aromatic carbocycles. The Balaban J connectivity index is 1.77. The van der Waals surface area contributed by atoms with Crippen molar-refractivity contribution < 1.29 is 19.4 Å². The van der Waals surface area contributed by atoms with Gasteiger partial charge in [-0.25, -0.2) is 9.59 Å². The van der Waals surface area contributed by atoms with E-state index in [1.807, 2.05) is 0 Å². The maximum atomic E-state index is 12.2. The molecule has 0 unspecified atom stereocenters. The highest BCUT2D eigenvalue weighted by Crippen LogP contribution is 2.30. The largest absolute Gasteiger partial charge is 0.478 e. The molecule has 0 bridgehead atoms. The standard InChI is InChI=1S/C21H28O4/c1-2-3-4-5-16-8-13-19(14-9-16)25-21(24)18-11-6-17(7-12-18)10-15-20(22)23/h6-7,10-12,15-16,19H,2-5,8-9,13-14H2,1H3,(H,22,23)/b15-10+. The molecule has 0 saturated heterocycles. The molecule has 2 rings (SSSR count). The van der Waals surface area contributed by atoms with Gasteiger partial charge in [0.25, 0.3) is 0 Å². The Hall–Kier alpha value is -2.10. The Labute approximate surface area is 149 Å². The van der Waals surface area contributed by atoms with E-state index in [1.165, 1.54) is 31.8 Å². The number of carboxylic acids is 1. The lowest BCUT2D eigenvalue weighted by Crippen LogP contribution is -2.24. The SMILES string of the molecule is CCCCCC1CCC(OC(=O)c2ccc(/C=C/C(=O)O)cc2)CC1. The Morgan fingerprint density at radius 2 is 1.80 bits per heavy atom. The van der Waals surface area contributed by atoms with Gasteiger partial charge in [-0.1, -0.05) is 44.7 Å². The summed E-state index contributed by atoms with van der Waals surface area (Å²) in [5.41, 5.74) is 1.25. The number of unbranched alkanes of at least 4 members (excludes halogenated alkanes) is 2. The molecule has 1 aliphatic carbocycles. The van der Waals surface area contributed by atoms with Gasteiger partial charge in [0, 0.05) is 6.08 Å². The van der Waals surface area contributed by atoms with Gasteiger partial charge >= 0.3 is 11.9 Å². The number of ether oxygens (including phenoxy) is 1. The van der Waals surface area contributed by atoms with Crippen LogP contribution in [0.15, 0.2) is 30.3 Å². The first-order valence-electron chi connectivity index (χ1n) is 9.30. The van der Waals surface area contributed by atoms with Gasteiger partial charge in [-0.05, 0) is 55.4 Å². The normalized spacial score (nSPS) is 20.5. The van der Waals surface area contributed by atoms with E-state index < -0.39 is 5.97 Å². The monoisotopic (exact) mass is 344 g/mol. The van der Waals surface area contributed by atoms with Crippen molar-refractivity contribution in [1.82, 2.24) is 0 Å². The van der Waals surface area contributed by atoms with Crippen LogP contribution in [-0.2, 0) is 9.53 Å². The highest BCUT2D eigenvalue weighted by molar-refractivity contribution is 5.90. The number of rotatable bonds is 8. The van der Waals surface area contributed by atoms with Crippen LogP contribution in [0.4, 0.5) is 0 Å². The van der Waals surface area contributed by atoms with Crippen LogP contribution < -0.4 is 0 Å². The first kappa shape index (κ1) is 19.2. The van der Waals surface area contributed by atoms with E-state index in [1.54, 1.807) is 24.3 Å². The van der Waals surface area contributed by atoms with E-state index in [-0.39, 0.29) is 12.1 Å². The molecular formula is C21H28O4. The molecule has 0 atom stereocenters. The summed E-state index contributed by atoms with van der Waals surface area (Å²) in [6.45, 7) is 2.23. The van der Waals surface area contributed by atoms with Crippen molar-refractivity contribution in [3.8, 4) is 0 Å². The molecule has 0 aliphatic heterocycles. The van der Waals surface area contributed by atoms with Gasteiger partial charge < -0.3 is 9.84 Å². The third kappa shape index (κ3) is 6.73. The number of carbonyl (C=O) groups is 2. The Kier molecular flexibility index (Phi) is 7.71. The number of aliphatic carboxylic acids is 1. The van der Waals surface area contributed by atoms with Crippen molar-refractivity contribution in [2.45, 2.75) is 64.4 Å². The molecule has 0 spiro atoms.